The lowest BCUT2D eigenvalue weighted by Gasteiger charge is -2.43. The van der Waals surface area contributed by atoms with Gasteiger partial charge >= 0.3 is 0 Å². The summed E-state index contributed by atoms with van der Waals surface area (Å²) in [6.45, 7) is -0.0564. The molecule has 2 aliphatic carbocycles. The third-order valence-electron chi connectivity index (χ3n) is 8.50. The largest absolute Gasteiger partial charge is 0.497 e. The quantitative estimate of drug-likeness (QED) is 0.394. The molecule has 1 heterocycles. The highest BCUT2D eigenvalue weighted by Gasteiger charge is 2.51. The van der Waals surface area contributed by atoms with E-state index in [4.69, 9.17) is 10.5 Å². The zero-order chi connectivity index (χ0) is 26.4. The third-order valence-corrected chi connectivity index (χ3v) is 10.0. The number of aryl methyl sites for hydroxylation is 1. The minimum Gasteiger partial charge on any atom is -0.497 e. The van der Waals surface area contributed by atoms with Crippen LogP contribution >= 0.6 is 0 Å². The Bertz CT molecular complexity index is 1400. The van der Waals surface area contributed by atoms with E-state index in [1.165, 1.54) is 0 Å². The number of methoxy groups -OCH3 is 1. The fourth-order valence-corrected chi connectivity index (χ4v) is 7.45. The first-order chi connectivity index (χ1) is 17.7. The Hall–Kier alpha value is -2.88. The maximum atomic E-state index is 13.3. The van der Waals surface area contributed by atoms with Crippen molar-refractivity contribution >= 4 is 26.8 Å². The SMILES string of the molecule is COc1ccc(-c2cc3ccc(S(=O)(=O)NC4CCC(C(N)=O)([C@H](CO)C5CC5)CC4)cc3n2C)cc1. The Labute approximate surface area is 217 Å². The predicted octanol–water partition coefficient (Wildman–Crippen LogP) is 3.57. The van der Waals surface area contributed by atoms with Gasteiger partial charge in [0.05, 0.1) is 17.4 Å². The first kappa shape index (κ1) is 25.8. The number of aliphatic hydroxyl groups excluding tert-OH is 1. The predicted molar refractivity (Wildman–Crippen MR) is 142 cm³/mol. The zero-order valence-electron chi connectivity index (χ0n) is 21.3. The number of fused-ring (bicyclic) bond motifs is 1. The summed E-state index contributed by atoms with van der Waals surface area (Å²) in [5, 5.41) is 10.9. The second-order valence-corrected chi connectivity index (χ2v) is 12.3. The molecule has 37 heavy (non-hydrogen) atoms. The smallest absolute Gasteiger partial charge is 0.240 e. The molecule has 2 aromatic carbocycles. The second-order valence-electron chi connectivity index (χ2n) is 10.6. The van der Waals surface area contributed by atoms with Crippen LogP contribution < -0.4 is 15.2 Å². The van der Waals surface area contributed by atoms with Gasteiger partial charge in [0, 0.05) is 36.3 Å². The summed E-state index contributed by atoms with van der Waals surface area (Å²) < 4.78 is 36.8. The summed E-state index contributed by atoms with van der Waals surface area (Å²) in [7, 11) is -0.213. The topological polar surface area (TPSA) is 124 Å². The molecule has 9 heteroatoms. The summed E-state index contributed by atoms with van der Waals surface area (Å²) in [4.78, 5) is 12.7. The third kappa shape index (κ3) is 4.76. The standard InChI is InChI=1S/C28H35N3O5S/c1-31-25(19-5-8-22(36-2)9-6-19)15-20-7-10-23(16-26(20)31)37(34,35)30-21-11-13-28(14-12-21,27(29)33)24(17-32)18-3-4-18/h5-10,15-16,18,21,24,30,32H,3-4,11-14,17H2,1-2H3,(H2,29,33)/t21?,24-,28?/m1/s1. The number of aromatic nitrogens is 1. The summed E-state index contributed by atoms with van der Waals surface area (Å²) in [5.41, 5.74) is 7.89. The van der Waals surface area contributed by atoms with Gasteiger partial charge in [-0.05, 0) is 98.4 Å². The summed E-state index contributed by atoms with van der Waals surface area (Å²) in [6, 6.07) is 14.7. The van der Waals surface area contributed by atoms with Crippen LogP contribution in [-0.2, 0) is 21.9 Å². The van der Waals surface area contributed by atoms with Gasteiger partial charge in [-0.25, -0.2) is 13.1 Å². The van der Waals surface area contributed by atoms with Gasteiger partial charge in [-0.2, -0.15) is 0 Å². The highest BCUT2D eigenvalue weighted by molar-refractivity contribution is 7.89. The number of ether oxygens (including phenoxy) is 1. The Morgan fingerprint density at radius 2 is 1.81 bits per heavy atom. The fourth-order valence-electron chi connectivity index (χ4n) is 6.13. The minimum atomic E-state index is -3.77. The summed E-state index contributed by atoms with van der Waals surface area (Å²) >= 11 is 0. The molecule has 1 aromatic heterocycles. The summed E-state index contributed by atoms with van der Waals surface area (Å²) in [5.74, 6) is 0.603. The minimum absolute atomic E-state index is 0.0564. The van der Waals surface area contributed by atoms with Crippen LogP contribution in [0.25, 0.3) is 22.2 Å². The van der Waals surface area contributed by atoms with Crippen LogP contribution in [0.4, 0.5) is 0 Å². The summed E-state index contributed by atoms with van der Waals surface area (Å²) in [6.07, 6.45) is 4.02. The molecule has 8 nitrogen and oxygen atoms in total. The molecule has 0 aliphatic heterocycles. The van der Waals surface area contributed by atoms with Gasteiger partial charge in [-0.1, -0.05) is 6.07 Å². The van der Waals surface area contributed by atoms with Gasteiger partial charge in [-0.3, -0.25) is 4.79 Å². The average Bonchev–Trinajstić information content (AvgIpc) is 3.67. The van der Waals surface area contributed by atoms with E-state index in [0.29, 0.717) is 31.6 Å². The van der Waals surface area contributed by atoms with Gasteiger partial charge in [0.1, 0.15) is 5.75 Å². The van der Waals surface area contributed by atoms with Crippen molar-refractivity contribution in [3.8, 4) is 17.0 Å². The van der Waals surface area contributed by atoms with Crippen molar-refractivity contribution in [2.75, 3.05) is 13.7 Å². The monoisotopic (exact) mass is 525 g/mol. The first-order valence-corrected chi connectivity index (χ1v) is 14.3. The second kappa shape index (κ2) is 9.78. The number of carbonyl (C=O) groups is 1. The van der Waals surface area contributed by atoms with E-state index < -0.39 is 15.4 Å². The van der Waals surface area contributed by atoms with Crippen molar-refractivity contribution < 1.29 is 23.1 Å². The van der Waals surface area contributed by atoms with Gasteiger partial charge in [0.25, 0.3) is 0 Å². The molecule has 2 fully saturated rings. The van der Waals surface area contributed by atoms with Gasteiger partial charge < -0.3 is 20.1 Å². The number of hydrogen-bond donors (Lipinski definition) is 3. The van der Waals surface area contributed by atoms with Crippen LogP contribution in [0.2, 0.25) is 0 Å². The van der Waals surface area contributed by atoms with Crippen LogP contribution in [0.5, 0.6) is 5.75 Å². The van der Waals surface area contributed by atoms with Crippen LogP contribution in [0, 0.1) is 17.3 Å². The van der Waals surface area contributed by atoms with Crippen molar-refractivity contribution in [3.05, 3.63) is 48.5 Å². The Morgan fingerprint density at radius 1 is 1.14 bits per heavy atom. The highest BCUT2D eigenvalue weighted by Crippen LogP contribution is 2.52. The lowest BCUT2D eigenvalue weighted by molar-refractivity contribution is -0.136. The average molecular weight is 526 g/mol. The van der Waals surface area contributed by atoms with E-state index >= 15 is 0 Å². The molecule has 2 saturated carbocycles. The number of hydrogen-bond acceptors (Lipinski definition) is 5. The zero-order valence-corrected chi connectivity index (χ0v) is 22.1. The van der Waals surface area contributed by atoms with Crippen molar-refractivity contribution in [1.82, 2.24) is 9.29 Å². The number of carbonyl (C=O) groups excluding carboxylic acids is 1. The Morgan fingerprint density at radius 3 is 2.38 bits per heavy atom. The molecule has 3 aromatic rings. The molecule has 0 unspecified atom stereocenters. The van der Waals surface area contributed by atoms with Crippen LogP contribution in [0.1, 0.15) is 38.5 Å². The molecule has 1 atom stereocenters. The first-order valence-electron chi connectivity index (χ1n) is 12.9. The van der Waals surface area contributed by atoms with Gasteiger partial charge in [0.2, 0.25) is 15.9 Å². The molecule has 1 amide bonds. The molecule has 2 aliphatic rings. The van der Waals surface area contributed by atoms with Crippen LogP contribution in [0.3, 0.4) is 0 Å². The maximum absolute atomic E-state index is 13.3. The van der Waals surface area contributed by atoms with Crippen LogP contribution in [0.15, 0.2) is 53.4 Å². The normalized spacial score (nSPS) is 23.2. The molecular formula is C28H35N3O5S. The number of primary amides is 1. The number of aliphatic hydroxyl groups is 1. The van der Waals surface area contributed by atoms with Crippen LogP contribution in [-0.4, -0.2) is 43.8 Å². The van der Waals surface area contributed by atoms with Crippen molar-refractivity contribution in [2.24, 2.45) is 30.0 Å². The molecular weight excluding hydrogens is 490 g/mol. The maximum Gasteiger partial charge on any atom is 0.240 e. The number of benzene rings is 2. The van der Waals surface area contributed by atoms with Gasteiger partial charge in [0.15, 0.2) is 0 Å². The number of rotatable bonds is 9. The van der Waals surface area contributed by atoms with E-state index in [1.54, 1.807) is 19.2 Å². The number of sulfonamides is 1. The van der Waals surface area contributed by atoms with E-state index in [-0.39, 0.29) is 29.4 Å². The van der Waals surface area contributed by atoms with Gasteiger partial charge in [-0.15, -0.1) is 0 Å². The Kier molecular flexibility index (Phi) is 6.81. The molecule has 0 saturated heterocycles. The molecule has 0 bridgehead atoms. The molecule has 4 N–H and O–H groups in total. The van der Waals surface area contributed by atoms with Crippen molar-refractivity contribution in [1.29, 1.82) is 0 Å². The molecule has 198 valence electrons. The lowest BCUT2D eigenvalue weighted by atomic mass is 9.63. The molecule has 0 radical (unpaired) electrons. The highest BCUT2D eigenvalue weighted by atomic mass is 32.2. The van der Waals surface area contributed by atoms with Crippen molar-refractivity contribution in [2.45, 2.75) is 49.5 Å². The van der Waals surface area contributed by atoms with E-state index in [1.807, 2.05) is 48.0 Å². The van der Waals surface area contributed by atoms with E-state index in [2.05, 4.69) is 4.72 Å². The van der Waals surface area contributed by atoms with E-state index in [0.717, 1.165) is 40.8 Å². The number of amides is 1. The Balaban J connectivity index is 1.34. The molecule has 5 rings (SSSR count). The molecule has 0 spiro atoms. The fraction of sp³-hybridized carbons (Fsp3) is 0.464. The number of nitrogens with zero attached hydrogens (tertiary/aromatic N) is 1. The number of nitrogens with two attached hydrogens (primary N) is 1. The number of nitrogens with one attached hydrogen (secondary N) is 1. The van der Waals surface area contributed by atoms with E-state index in [9.17, 15) is 18.3 Å². The lowest BCUT2D eigenvalue weighted by Crippen LogP contribution is -2.51. The van der Waals surface area contributed by atoms with Crippen molar-refractivity contribution in [3.63, 3.8) is 0 Å².